The highest BCUT2D eigenvalue weighted by molar-refractivity contribution is 5.82. The first kappa shape index (κ1) is 17.6. The van der Waals surface area contributed by atoms with Gasteiger partial charge in [0.2, 0.25) is 0 Å². The highest BCUT2D eigenvalue weighted by Crippen LogP contribution is 2.35. The van der Waals surface area contributed by atoms with Crippen LogP contribution in [-0.2, 0) is 6.18 Å². The molecule has 0 atom stereocenters. The van der Waals surface area contributed by atoms with E-state index in [1.807, 2.05) is 18.2 Å². The number of aromatic nitrogens is 1. The highest BCUT2D eigenvalue weighted by atomic mass is 19.4. The zero-order valence-corrected chi connectivity index (χ0v) is 14.7. The molecule has 0 bridgehead atoms. The largest absolute Gasteiger partial charge is 0.418 e. The van der Waals surface area contributed by atoms with Gasteiger partial charge in [0.25, 0.3) is 0 Å². The Morgan fingerprint density at radius 1 is 0.963 bits per heavy atom. The molecule has 6 heteroatoms. The average Bonchev–Trinajstić information content (AvgIpc) is 2.68. The SMILES string of the molecule is FC(F)(F)c1ccccc1NC1CCN(c2ccc3ncccc3c2)CC1. The molecule has 3 aromatic rings. The molecule has 0 spiro atoms. The summed E-state index contributed by atoms with van der Waals surface area (Å²) in [4.78, 5) is 6.61. The molecule has 0 saturated carbocycles. The van der Waals surface area contributed by atoms with Gasteiger partial charge in [-0.25, -0.2) is 0 Å². The fourth-order valence-corrected chi connectivity index (χ4v) is 3.62. The number of benzene rings is 2. The summed E-state index contributed by atoms with van der Waals surface area (Å²) in [5, 5.41) is 4.19. The molecular formula is C21H20F3N3. The maximum Gasteiger partial charge on any atom is 0.418 e. The normalized spacial score (nSPS) is 15.9. The fraction of sp³-hybridized carbons (Fsp3) is 0.286. The number of hydrogen-bond donors (Lipinski definition) is 1. The van der Waals surface area contributed by atoms with Gasteiger partial charge in [-0.2, -0.15) is 13.2 Å². The standard InChI is InChI=1S/C21H20F3N3/c22-21(23,24)18-5-1-2-6-20(18)26-16-9-12-27(13-10-16)17-7-8-19-15(14-17)4-3-11-25-19/h1-8,11,14,16,26H,9-10,12-13H2. The number of para-hydroxylation sites is 1. The minimum Gasteiger partial charge on any atom is -0.382 e. The smallest absolute Gasteiger partial charge is 0.382 e. The number of nitrogens with one attached hydrogen (secondary N) is 1. The monoisotopic (exact) mass is 371 g/mol. The van der Waals surface area contributed by atoms with Gasteiger partial charge in [0, 0.05) is 42.1 Å². The number of halogens is 3. The summed E-state index contributed by atoms with van der Waals surface area (Å²) in [5.41, 5.74) is 1.65. The zero-order chi connectivity index (χ0) is 18.9. The Kier molecular flexibility index (Phi) is 4.64. The summed E-state index contributed by atoms with van der Waals surface area (Å²) in [5.74, 6) is 0. The van der Waals surface area contributed by atoms with Gasteiger partial charge in [0.15, 0.2) is 0 Å². The lowest BCUT2D eigenvalue weighted by atomic mass is 10.0. The van der Waals surface area contributed by atoms with E-state index in [9.17, 15) is 13.2 Å². The molecule has 2 heterocycles. The Morgan fingerprint density at radius 3 is 2.52 bits per heavy atom. The quantitative estimate of drug-likeness (QED) is 0.674. The first-order valence-corrected chi connectivity index (χ1v) is 9.03. The predicted molar refractivity (Wildman–Crippen MR) is 102 cm³/mol. The summed E-state index contributed by atoms with van der Waals surface area (Å²) in [6, 6.07) is 15.9. The third-order valence-electron chi connectivity index (χ3n) is 5.04. The second kappa shape index (κ2) is 7.10. The molecule has 0 amide bonds. The number of hydrogen-bond acceptors (Lipinski definition) is 3. The molecule has 1 fully saturated rings. The van der Waals surface area contributed by atoms with Gasteiger partial charge in [0.1, 0.15) is 0 Å². The molecule has 1 aromatic heterocycles. The van der Waals surface area contributed by atoms with Gasteiger partial charge in [-0.05, 0) is 49.2 Å². The van der Waals surface area contributed by atoms with Crippen LogP contribution in [0.15, 0.2) is 60.8 Å². The summed E-state index contributed by atoms with van der Waals surface area (Å²) >= 11 is 0. The Bertz CT molecular complexity index is 931. The first-order valence-electron chi connectivity index (χ1n) is 9.03. The van der Waals surface area contributed by atoms with Gasteiger partial charge < -0.3 is 10.2 Å². The molecular weight excluding hydrogens is 351 g/mol. The molecule has 0 radical (unpaired) electrons. The molecule has 1 aliphatic rings. The Morgan fingerprint density at radius 2 is 1.74 bits per heavy atom. The Balaban J connectivity index is 1.43. The number of anilines is 2. The lowest BCUT2D eigenvalue weighted by molar-refractivity contribution is -0.137. The van der Waals surface area contributed by atoms with E-state index in [0.717, 1.165) is 48.6 Å². The van der Waals surface area contributed by atoms with Gasteiger partial charge in [-0.3, -0.25) is 4.98 Å². The van der Waals surface area contributed by atoms with E-state index in [2.05, 4.69) is 27.3 Å². The molecule has 0 aliphatic carbocycles. The molecule has 0 unspecified atom stereocenters. The Hall–Kier alpha value is -2.76. The number of nitrogens with zero attached hydrogens (tertiary/aromatic N) is 2. The van der Waals surface area contributed by atoms with E-state index in [1.165, 1.54) is 12.1 Å². The van der Waals surface area contributed by atoms with Crippen molar-refractivity contribution in [3.05, 3.63) is 66.4 Å². The van der Waals surface area contributed by atoms with Crippen LogP contribution in [-0.4, -0.2) is 24.1 Å². The summed E-state index contributed by atoms with van der Waals surface area (Å²) in [6.45, 7) is 1.61. The number of piperidine rings is 1. The molecule has 27 heavy (non-hydrogen) atoms. The number of rotatable bonds is 3. The minimum absolute atomic E-state index is 0.0341. The van der Waals surface area contributed by atoms with Crippen molar-refractivity contribution in [2.75, 3.05) is 23.3 Å². The summed E-state index contributed by atoms with van der Waals surface area (Å²) in [7, 11) is 0. The van der Waals surface area contributed by atoms with Gasteiger partial charge in [-0.1, -0.05) is 18.2 Å². The number of fused-ring (bicyclic) bond motifs is 1. The first-order chi connectivity index (χ1) is 13.0. The van der Waals surface area contributed by atoms with Crippen molar-refractivity contribution in [2.24, 2.45) is 0 Å². The second-order valence-electron chi connectivity index (χ2n) is 6.83. The van der Waals surface area contributed by atoms with Crippen molar-refractivity contribution < 1.29 is 13.2 Å². The molecule has 140 valence electrons. The molecule has 1 saturated heterocycles. The minimum atomic E-state index is -4.34. The van der Waals surface area contributed by atoms with E-state index < -0.39 is 11.7 Å². The highest BCUT2D eigenvalue weighted by Gasteiger charge is 2.33. The van der Waals surface area contributed by atoms with Crippen molar-refractivity contribution in [1.82, 2.24) is 4.98 Å². The van der Waals surface area contributed by atoms with E-state index in [1.54, 1.807) is 12.3 Å². The maximum atomic E-state index is 13.2. The fourth-order valence-electron chi connectivity index (χ4n) is 3.62. The summed E-state index contributed by atoms with van der Waals surface area (Å²) in [6.07, 6.45) is -0.990. The van der Waals surface area contributed by atoms with Crippen molar-refractivity contribution in [3.63, 3.8) is 0 Å². The van der Waals surface area contributed by atoms with Crippen molar-refractivity contribution in [1.29, 1.82) is 0 Å². The van der Waals surface area contributed by atoms with Gasteiger partial charge >= 0.3 is 6.18 Å². The van der Waals surface area contributed by atoms with Crippen molar-refractivity contribution in [2.45, 2.75) is 25.1 Å². The van der Waals surface area contributed by atoms with Crippen LogP contribution >= 0.6 is 0 Å². The van der Waals surface area contributed by atoms with E-state index in [0.29, 0.717) is 0 Å². The molecule has 1 N–H and O–H groups in total. The van der Waals surface area contributed by atoms with Gasteiger partial charge in [-0.15, -0.1) is 0 Å². The third-order valence-corrected chi connectivity index (χ3v) is 5.04. The number of alkyl halides is 3. The van der Waals surface area contributed by atoms with Crippen LogP contribution in [0.2, 0.25) is 0 Å². The molecule has 4 rings (SSSR count). The van der Waals surface area contributed by atoms with Crippen molar-refractivity contribution >= 4 is 22.3 Å². The molecule has 3 nitrogen and oxygen atoms in total. The van der Waals surface area contributed by atoms with Crippen molar-refractivity contribution in [3.8, 4) is 0 Å². The topological polar surface area (TPSA) is 28.2 Å². The van der Waals surface area contributed by atoms with Crippen LogP contribution < -0.4 is 10.2 Å². The lowest BCUT2D eigenvalue weighted by Gasteiger charge is -2.35. The van der Waals surface area contributed by atoms with Crippen LogP contribution in [0.1, 0.15) is 18.4 Å². The maximum absolute atomic E-state index is 13.2. The zero-order valence-electron chi connectivity index (χ0n) is 14.7. The van der Waals surface area contributed by atoms with Crippen LogP contribution in [0.5, 0.6) is 0 Å². The van der Waals surface area contributed by atoms with E-state index in [-0.39, 0.29) is 11.7 Å². The van der Waals surface area contributed by atoms with Crippen LogP contribution in [0, 0.1) is 0 Å². The van der Waals surface area contributed by atoms with E-state index >= 15 is 0 Å². The number of pyridine rings is 1. The van der Waals surface area contributed by atoms with Crippen LogP contribution in [0.25, 0.3) is 10.9 Å². The lowest BCUT2D eigenvalue weighted by Crippen LogP contribution is -2.39. The summed E-state index contributed by atoms with van der Waals surface area (Å²) < 4.78 is 39.5. The molecule has 2 aromatic carbocycles. The van der Waals surface area contributed by atoms with Crippen LogP contribution in [0.4, 0.5) is 24.5 Å². The van der Waals surface area contributed by atoms with Crippen LogP contribution in [0.3, 0.4) is 0 Å². The second-order valence-corrected chi connectivity index (χ2v) is 6.83. The third kappa shape index (κ3) is 3.84. The van der Waals surface area contributed by atoms with E-state index in [4.69, 9.17) is 0 Å². The van der Waals surface area contributed by atoms with Gasteiger partial charge in [0.05, 0.1) is 11.1 Å². The average molecular weight is 371 g/mol. The molecule has 1 aliphatic heterocycles. The Labute approximate surface area is 155 Å². The predicted octanol–water partition coefficient (Wildman–Crippen LogP) is 5.33.